The monoisotopic (exact) mass is 358 g/mol. The Labute approximate surface area is 151 Å². The lowest BCUT2D eigenvalue weighted by molar-refractivity contribution is -0.139. The highest BCUT2D eigenvalue weighted by atomic mass is 16.4. The summed E-state index contributed by atoms with van der Waals surface area (Å²) in [5, 5.41) is 18.0. The van der Waals surface area contributed by atoms with Crippen molar-refractivity contribution in [2.45, 2.75) is 19.8 Å². The number of likely N-dealkylation sites (N-methyl/N-ethyl adjacent to an activating group) is 2. The summed E-state index contributed by atoms with van der Waals surface area (Å²) in [4.78, 5) is 30.5. The van der Waals surface area contributed by atoms with Gasteiger partial charge in [0.25, 0.3) is 0 Å². The molecule has 1 heterocycles. The normalized spacial score (nSPS) is 19.2. The molecule has 8 heteroatoms. The summed E-state index contributed by atoms with van der Waals surface area (Å²) >= 11 is 0. The van der Waals surface area contributed by atoms with E-state index in [1.807, 2.05) is 16.7 Å². The second-order valence-corrected chi connectivity index (χ2v) is 6.78. The molecule has 1 aliphatic rings. The van der Waals surface area contributed by atoms with Gasteiger partial charge in [0.15, 0.2) is 0 Å². The third-order valence-corrected chi connectivity index (χ3v) is 4.66. The fourth-order valence-electron chi connectivity index (χ4n) is 3.13. The zero-order valence-corrected chi connectivity index (χ0v) is 15.7. The van der Waals surface area contributed by atoms with Crippen molar-refractivity contribution in [1.29, 1.82) is 0 Å². The van der Waals surface area contributed by atoms with E-state index in [1.165, 1.54) is 0 Å². The number of hydrogen-bond donors (Lipinski definition) is 2. The average molecular weight is 358 g/mol. The molecule has 0 bridgehead atoms. The molecule has 146 valence electrons. The first-order valence-corrected chi connectivity index (χ1v) is 9.20. The molecule has 0 aliphatic carbocycles. The number of carboxylic acids is 2. The lowest BCUT2D eigenvalue weighted by Gasteiger charge is -2.31. The molecule has 25 heavy (non-hydrogen) atoms. The number of carboxylic acid groups (broad SMARTS) is 2. The minimum absolute atomic E-state index is 0.0889. The van der Waals surface area contributed by atoms with Gasteiger partial charge < -0.3 is 20.0 Å². The third kappa shape index (κ3) is 10.4. The van der Waals surface area contributed by atoms with Crippen LogP contribution in [-0.4, -0.2) is 121 Å². The van der Waals surface area contributed by atoms with Crippen LogP contribution in [0.25, 0.3) is 0 Å². The Morgan fingerprint density at radius 1 is 0.960 bits per heavy atom. The van der Waals surface area contributed by atoms with E-state index in [2.05, 4.69) is 16.8 Å². The van der Waals surface area contributed by atoms with Gasteiger partial charge in [0.05, 0.1) is 13.1 Å². The Morgan fingerprint density at radius 3 is 2.28 bits per heavy atom. The molecule has 8 nitrogen and oxygen atoms in total. The van der Waals surface area contributed by atoms with Crippen LogP contribution in [0.15, 0.2) is 0 Å². The van der Waals surface area contributed by atoms with E-state index in [4.69, 9.17) is 10.2 Å². The number of nitrogens with zero attached hydrogens (tertiary/aromatic N) is 4. The highest BCUT2D eigenvalue weighted by Gasteiger charge is 2.15. The van der Waals surface area contributed by atoms with Crippen LogP contribution < -0.4 is 0 Å². The number of carbonyl (C=O) groups is 2. The highest BCUT2D eigenvalue weighted by Crippen LogP contribution is 2.02. The Hall–Kier alpha value is -1.22. The second kappa shape index (κ2) is 12.2. The standard InChI is InChI=1S/C17H34N4O4/c1-3-19(14-16(22)23)7-5-8-20-11-10-18(2)6-4-9-21(13-12-20)15-17(24)25/h3-15H2,1-2H3,(H,22,23)(H,24,25). The first-order valence-electron chi connectivity index (χ1n) is 9.20. The van der Waals surface area contributed by atoms with Crippen molar-refractivity contribution in [2.75, 3.05) is 79.0 Å². The van der Waals surface area contributed by atoms with Crippen LogP contribution in [0.2, 0.25) is 0 Å². The molecule has 0 spiro atoms. The molecule has 0 aromatic rings. The molecule has 0 aromatic heterocycles. The zero-order chi connectivity index (χ0) is 18.7. The molecular weight excluding hydrogens is 324 g/mol. The van der Waals surface area contributed by atoms with Crippen LogP contribution in [0.4, 0.5) is 0 Å². The molecule has 1 saturated heterocycles. The van der Waals surface area contributed by atoms with Crippen molar-refractivity contribution < 1.29 is 19.8 Å². The Kier molecular flexibility index (Phi) is 10.6. The molecule has 0 amide bonds. The number of rotatable bonds is 9. The van der Waals surface area contributed by atoms with E-state index < -0.39 is 11.9 Å². The maximum atomic E-state index is 11.0. The van der Waals surface area contributed by atoms with Crippen LogP contribution in [-0.2, 0) is 9.59 Å². The minimum atomic E-state index is -0.785. The lowest BCUT2D eigenvalue weighted by atomic mass is 10.2. The molecule has 2 N–H and O–H groups in total. The average Bonchev–Trinajstić information content (AvgIpc) is 2.54. The van der Waals surface area contributed by atoms with E-state index in [-0.39, 0.29) is 13.1 Å². The molecule has 0 unspecified atom stereocenters. The van der Waals surface area contributed by atoms with Gasteiger partial charge in [-0.3, -0.25) is 19.4 Å². The first kappa shape index (κ1) is 21.8. The molecule has 0 aromatic carbocycles. The number of aliphatic carboxylic acids is 2. The summed E-state index contributed by atoms with van der Waals surface area (Å²) in [5.74, 6) is -1.56. The Morgan fingerprint density at radius 2 is 1.64 bits per heavy atom. The van der Waals surface area contributed by atoms with E-state index in [0.717, 1.165) is 71.7 Å². The van der Waals surface area contributed by atoms with Gasteiger partial charge in [0.1, 0.15) is 0 Å². The Bertz CT molecular complexity index is 408. The maximum absolute atomic E-state index is 11.0. The summed E-state index contributed by atoms with van der Waals surface area (Å²) in [6.45, 7) is 9.96. The summed E-state index contributed by atoms with van der Waals surface area (Å²) in [6.07, 6.45) is 1.91. The minimum Gasteiger partial charge on any atom is -0.480 e. The molecule has 0 atom stereocenters. The van der Waals surface area contributed by atoms with E-state index in [1.54, 1.807) is 0 Å². The zero-order valence-electron chi connectivity index (χ0n) is 15.7. The van der Waals surface area contributed by atoms with Crippen LogP contribution in [0.1, 0.15) is 19.8 Å². The molecule has 0 saturated carbocycles. The molecule has 1 aliphatic heterocycles. The van der Waals surface area contributed by atoms with Crippen molar-refractivity contribution in [3.8, 4) is 0 Å². The van der Waals surface area contributed by atoms with Gasteiger partial charge in [0.2, 0.25) is 0 Å². The SMILES string of the molecule is CCN(CCCN1CCN(C)CCCN(CC(=O)O)CC1)CC(=O)O. The molecule has 1 fully saturated rings. The van der Waals surface area contributed by atoms with Gasteiger partial charge in [-0.2, -0.15) is 0 Å². The van der Waals surface area contributed by atoms with Crippen molar-refractivity contribution in [1.82, 2.24) is 19.6 Å². The predicted octanol–water partition coefficient (Wildman–Crippen LogP) is -0.193. The van der Waals surface area contributed by atoms with Gasteiger partial charge in [-0.05, 0) is 46.1 Å². The molecule has 0 radical (unpaired) electrons. The van der Waals surface area contributed by atoms with E-state index in [0.29, 0.717) is 0 Å². The van der Waals surface area contributed by atoms with Gasteiger partial charge in [-0.25, -0.2) is 0 Å². The van der Waals surface area contributed by atoms with Crippen LogP contribution in [0.3, 0.4) is 0 Å². The highest BCUT2D eigenvalue weighted by molar-refractivity contribution is 5.69. The Balaban J connectivity index is 2.47. The fraction of sp³-hybridized carbons (Fsp3) is 0.882. The second-order valence-electron chi connectivity index (χ2n) is 6.78. The summed E-state index contributed by atoms with van der Waals surface area (Å²) in [7, 11) is 2.10. The van der Waals surface area contributed by atoms with Crippen molar-refractivity contribution >= 4 is 11.9 Å². The first-order chi connectivity index (χ1) is 11.9. The smallest absolute Gasteiger partial charge is 0.317 e. The number of hydrogen-bond acceptors (Lipinski definition) is 6. The van der Waals surface area contributed by atoms with Gasteiger partial charge in [-0.1, -0.05) is 6.92 Å². The topological polar surface area (TPSA) is 87.6 Å². The van der Waals surface area contributed by atoms with Crippen LogP contribution >= 0.6 is 0 Å². The van der Waals surface area contributed by atoms with E-state index in [9.17, 15) is 9.59 Å². The largest absolute Gasteiger partial charge is 0.480 e. The predicted molar refractivity (Wildman–Crippen MR) is 97.0 cm³/mol. The third-order valence-electron chi connectivity index (χ3n) is 4.66. The molecular formula is C17H34N4O4. The maximum Gasteiger partial charge on any atom is 0.317 e. The van der Waals surface area contributed by atoms with Crippen LogP contribution in [0.5, 0.6) is 0 Å². The van der Waals surface area contributed by atoms with Crippen molar-refractivity contribution in [3.63, 3.8) is 0 Å². The van der Waals surface area contributed by atoms with Crippen molar-refractivity contribution in [2.24, 2.45) is 0 Å². The lowest BCUT2D eigenvalue weighted by Crippen LogP contribution is -2.44. The summed E-state index contributed by atoms with van der Waals surface area (Å²) in [5.41, 5.74) is 0. The summed E-state index contributed by atoms with van der Waals surface area (Å²) < 4.78 is 0. The van der Waals surface area contributed by atoms with E-state index >= 15 is 0 Å². The quantitative estimate of drug-likeness (QED) is 0.586. The van der Waals surface area contributed by atoms with Gasteiger partial charge in [0, 0.05) is 32.7 Å². The van der Waals surface area contributed by atoms with Gasteiger partial charge in [-0.15, -0.1) is 0 Å². The van der Waals surface area contributed by atoms with Crippen LogP contribution in [0, 0.1) is 0 Å². The molecule has 1 rings (SSSR count). The van der Waals surface area contributed by atoms with Crippen molar-refractivity contribution in [3.05, 3.63) is 0 Å². The fourth-order valence-corrected chi connectivity index (χ4v) is 3.13. The summed E-state index contributed by atoms with van der Waals surface area (Å²) in [6, 6.07) is 0. The van der Waals surface area contributed by atoms with Gasteiger partial charge >= 0.3 is 11.9 Å².